The molecule has 6 heteroatoms. The molecule has 0 fully saturated rings. The third-order valence-electron chi connectivity index (χ3n) is 3.41. The summed E-state index contributed by atoms with van der Waals surface area (Å²) in [5.41, 5.74) is 1.24. The van der Waals surface area contributed by atoms with Crippen molar-refractivity contribution in [2.45, 2.75) is 26.8 Å². The first-order valence-electron chi connectivity index (χ1n) is 6.83. The molecule has 2 N–H and O–H groups in total. The molecule has 2 rings (SSSR count). The zero-order valence-electron chi connectivity index (χ0n) is 12.3. The number of rotatable bonds is 5. The van der Waals surface area contributed by atoms with E-state index in [1.807, 2.05) is 19.9 Å². The Balaban J connectivity index is 2.15. The van der Waals surface area contributed by atoms with Gasteiger partial charge >= 0.3 is 0 Å². The maximum absolute atomic E-state index is 12.2. The van der Waals surface area contributed by atoms with E-state index in [2.05, 4.69) is 15.5 Å². The van der Waals surface area contributed by atoms with Gasteiger partial charge in [0.05, 0.1) is 0 Å². The molecule has 1 heterocycles. The van der Waals surface area contributed by atoms with E-state index in [1.54, 1.807) is 25.1 Å². The molecule has 0 aliphatic carbocycles. The number of hydrogen-bond acceptors (Lipinski definition) is 5. The van der Waals surface area contributed by atoms with Crippen LogP contribution in [0.25, 0.3) is 11.4 Å². The van der Waals surface area contributed by atoms with Crippen LogP contribution in [0.1, 0.15) is 30.1 Å². The molecule has 112 valence electrons. The van der Waals surface area contributed by atoms with E-state index in [9.17, 15) is 4.79 Å². The number of benzene rings is 1. The Morgan fingerprint density at radius 3 is 2.81 bits per heavy atom. The minimum absolute atomic E-state index is 0.00279. The Bertz CT molecular complexity index is 624. The third-order valence-corrected chi connectivity index (χ3v) is 3.41. The molecule has 21 heavy (non-hydrogen) atoms. The summed E-state index contributed by atoms with van der Waals surface area (Å²) in [6, 6.07) is 6.92. The second-order valence-electron chi connectivity index (χ2n) is 5.14. The van der Waals surface area contributed by atoms with Gasteiger partial charge in [0.25, 0.3) is 5.91 Å². The smallest absolute Gasteiger partial charge is 0.251 e. The van der Waals surface area contributed by atoms with Crippen molar-refractivity contribution < 1.29 is 14.4 Å². The van der Waals surface area contributed by atoms with E-state index in [0.29, 0.717) is 17.3 Å². The zero-order valence-corrected chi connectivity index (χ0v) is 12.3. The molecular formula is C15H19N3O3. The summed E-state index contributed by atoms with van der Waals surface area (Å²) in [6.07, 6.45) is 0. The van der Waals surface area contributed by atoms with Crippen LogP contribution in [-0.2, 0) is 0 Å². The van der Waals surface area contributed by atoms with E-state index in [0.717, 1.165) is 5.56 Å². The molecule has 1 aromatic heterocycles. The number of aliphatic hydroxyl groups excluding tert-OH is 1. The highest BCUT2D eigenvalue weighted by molar-refractivity contribution is 5.95. The van der Waals surface area contributed by atoms with Gasteiger partial charge in [-0.1, -0.05) is 24.2 Å². The fourth-order valence-corrected chi connectivity index (χ4v) is 1.81. The van der Waals surface area contributed by atoms with E-state index in [4.69, 9.17) is 9.63 Å². The van der Waals surface area contributed by atoms with Crippen molar-refractivity contribution in [1.29, 1.82) is 0 Å². The van der Waals surface area contributed by atoms with Crippen LogP contribution in [0.4, 0.5) is 0 Å². The number of nitrogens with zero attached hydrogens (tertiary/aromatic N) is 2. The van der Waals surface area contributed by atoms with Gasteiger partial charge in [0.2, 0.25) is 11.7 Å². The standard InChI is InChI=1S/C15H19N3O3/c1-9(8-19)10(2)16-15(20)13-6-4-5-12(7-13)14-17-11(3)21-18-14/h4-7,9-10,19H,8H2,1-3H3,(H,16,20)/t9-,10+/m0/s1. The topological polar surface area (TPSA) is 88.2 Å². The van der Waals surface area contributed by atoms with Gasteiger partial charge in [-0.3, -0.25) is 4.79 Å². The normalized spacial score (nSPS) is 13.7. The van der Waals surface area contributed by atoms with Gasteiger partial charge in [0, 0.05) is 30.7 Å². The average molecular weight is 289 g/mol. The van der Waals surface area contributed by atoms with Gasteiger partial charge in [-0.05, 0) is 25.0 Å². The summed E-state index contributed by atoms with van der Waals surface area (Å²) in [4.78, 5) is 16.3. The van der Waals surface area contributed by atoms with Crippen LogP contribution >= 0.6 is 0 Å². The highest BCUT2D eigenvalue weighted by Crippen LogP contribution is 2.17. The van der Waals surface area contributed by atoms with Crippen LogP contribution in [0.15, 0.2) is 28.8 Å². The van der Waals surface area contributed by atoms with Crippen molar-refractivity contribution in [3.8, 4) is 11.4 Å². The van der Waals surface area contributed by atoms with Crippen molar-refractivity contribution in [2.24, 2.45) is 5.92 Å². The van der Waals surface area contributed by atoms with E-state index in [-0.39, 0.29) is 24.5 Å². The number of hydrogen-bond donors (Lipinski definition) is 2. The summed E-state index contributed by atoms with van der Waals surface area (Å²) in [5, 5.41) is 15.8. The van der Waals surface area contributed by atoms with Crippen LogP contribution in [0.3, 0.4) is 0 Å². The van der Waals surface area contributed by atoms with Crippen LogP contribution in [-0.4, -0.2) is 33.8 Å². The summed E-state index contributed by atoms with van der Waals surface area (Å²) >= 11 is 0. The maximum atomic E-state index is 12.2. The number of aromatic nitrogens is 2. The Hall–Kier alpha value is -2.21. The minimum Gasteiger partial charge on any atom is -0.396 e. The SMILES string of the molecule is Cc1nc(-c2cccc(C(=O)N[C@H](C)[C@@H](C)CO)c2)no1. The fraction of sp³-hybridized carbons (Fsp3) is 0.400. The molecule has 0 spiro atoms. The monoisotopic (exact) mass is 289 g/mol. The van der Waals surface area contributed by atoms with Gasteiger partial charge in [-0.2, -0.15) is 4.98 Å². The number of nitrogens with one attached hydrogen (secondary N) is 1. The van der Waals surface area contributed by atoms with Crippen molar-refractivity contribution >= 4 is 5.91 Å². The fourth-order valence-electron chi connectivity index (χ4n) is 1.81. The van der Waals surface area contributed by atoms with Gasteiger partial charge in [0.1, 0.15) is 0 Å². The number of aliphatic hydroxyl groups is 1. The molecule has 0 saturated carbocycles. The van der Waals surface area contributed by atoms with Crippen LogP contribution in [0.5, 0.6) is 0 Å². The highest BCUT2D eigenvalue weighted by atomic mass is 16.5. The largest absolute Gasteiger partial charge is 0.396 e. The molecule has 0 saturated heterocycles. The summed E-state index contributed by atoms with van der Waals surface area (Å²) in [5.74, 6) is 0.742. The zero-order chi connectivity index (χ0) is 15.4. The molecule has 0 bridgehead atoms. The quantitative estimate of drug-likeness (QED) is 0.876. The van der Waals surface area contributed by atoms with Crippen molar-refractivity contribution in [3.63, 3.8) is 0 Å². The number of aryl methyl sites for hydroxylation is 1. The van der Waals surface area contributed by atoms with E-state index >= 15 is 0 Å². The predicted octanol–water partition coefficient (Wildman–Crippen LogP) is 1.79. The van der Waals surface area contributed by atoms with Crippen LogP contribution in [0.2, 0.25) is 0 Å². The Labute approximate surface area is 123 Å². The van der Waals surface area contributed by atoms with Gasteiger partial charge < -0.3 is 14.9 Å². The summed E-state index contributed by atoms with van der Waals surface area (Å²) in [7, 11) is 0. The number of carbonyl (C=O) groups is 1. The molecule has 0 aliphatic rings. The Morgan fingerprint density at radius 2 is 2.19 bits per heavy atom. The Kier molecular flexibility index (Phi) is 4.70. The van der Waals surface area contributed by atoms with E-state index < -0.39 is 0 Å². The molecule has 0 radical (unpaired) electrons. The van der Waals surface area contributed by atoms with Crippen molar-refractivity contribution in [2.75, 3.05) is 6.61 Å². The molecule has 0 aliphatic heterocycles. The van der Waals surface area contributed by atoms with Gasteiger partial charge in [-0.15, -0.1) is 0 Å². The first-order valence-corrected chi connectivity index (χ1v) is 6.83. The molecule has 1 aromatic carbocycles. The lowest BCUT2D eigenvalue weighted by atomic mass is 10.0. The second kappa shape index (κ2) is 6.49. The molecule has 2 atom stereocenters. The first-order chi connectivity index (χ1) is 10.0. The number of carbonyl (C=O) groups excluding carboxylic acids is 1. The summed E-state index contributed by atoms with van der Waals surface area (Å²) in [6.45, 7) is 5.49. The van der Waals surface area contributed by atoms with Gasteiger partial charge in [0.15, 0.2) is 0 Å². The second-order valence-corrected chi connectivity index (χ2v) is 5.14. The lowest BCUT2D eigenvalue weighted by Gasteiger charge is -2.19. The first kappa shape index (κ1) is 15.2. The molecule has 0 unspecified atom stereocenters. The van der Waals surface area contributed by atoms with Crippen LogP contribution in [0, 0.1) is 12.8 Å². The van der Waals surface area contributed by atoms with Gasteiger partial charge in [-0.25, -0.2) is 0 Å². The molecule has 6 nitrogen and oxygen atoms in total. The lowest BCUT2D eigenvalue weighted by Crippen LogP contribution is -2.38. The molecule has 1 amide bonds. The Morgan fingerprint density at radius 1 is 1.43 bits per heavy atom. The summed E-state index contributed by atoms with van der Waals surface area (Å²) < 4.78 is 4.94. The maximum Gasteiger partial charge on any atom is 0.251 e. The average Bonchev–Trinajstić information content (AvgIpc) is 2.93. The van der Waals surface area contributed by atoms with Crippen molar-refractivity contribution in [1.82, 2.24) is 15.5 Å². The highest BCUT2D eigenvalue weighted by Gasteiger charge is 2.16. The lowest BCUT2D eigenvalue weighted by molar-refractivity contribution is 0.0916. The minimum atomic E-state index is -0.190. The van der Waals surface area contributed by atoms with E-state index in [1.165, 1.54) is 0 Å². The predicted molar refractivity (Wildman–Crippen MR) is 77.6 cm³/mol. The molecule has 2 aromatic rings. The molecular weight excluding hydrogens is 270 g/mol. The van der Waals surface area contributed by atoms with Crippen molar-refractivity contribution in [3.05, 3.63) is 35.7 Å². The number of amides is 1. The third kappa shape index (κ3) is 3.66. The van der Waals surface area contributed by atoms with Crippen LogP contribution < -0.4 is 5.32 Å².